The molecule has 31 heavy (non-hydrogen) atoms. The summed E-state index contributed by atoms with van der Waals surface area (Å²) in [7, 11) is 0. The highest BCUT2D eigenvalue weighted by Crippen LogP contribution is 2.22. The number of carbonyl (C=O) groups is 5. The van der Waals surface area contributed by atoms with Gasteiger partial charge in [-0.2, -0.15) is 0 Å². The Morgan fingerprint density at radius 3 is 2.16 bits per heavy atom. The number of carboxylic acids is 1. The van der Waals surface area contributed by atoms with Crippen LogP contribution in [0.1, 0.15) is 46.0 Å². The van der Waals surface area contributed by atoms with Gasteiger partial charge >= 0.3 is 5.97 Å². The first kappa shape index (κ1) is 24.7. The molecular weight excluding hydrogens is 412 g/mol. The Morgan fingerprint density at radius 1 is 1.06 bits per heavy atom. The lowest BCUT2D eigenvalue weighted by molar-refractivity contribution is -0.212. The van der Waals surface area contributed by atoms with Gasteiger partial charge in [0.1, 0.15) is 6.04 Å². The quantitative estimate of drug-likeness (QED) is 0.254. The number of hydrogen-bond donors (Lipinski definition) is 5. The fourth-order valence-corrected chi connectivity index (χ4v) is 4.03. The van der Waals surface area contributed by atoms with Crippen LogP contribution in [0.5, 0.6) is 0 Å². The van der Waals surface area contributed by atoms with Crippen molar-refractivity contribution in [1.29, 1.82) is 0 Å². The third-order valence-corrected chi connectivity index (χ3v) is 5.88. The van der Waals surface area contributed by atoms with Crippen molar-refractivity contribution in [2.24, 2.45) is 5.73 Å². The van der Waals surface area contributed by atoms with Crippen molar-refractivity contribution in [3.63, 3.8) is 0 Å². The molecule has 0 spiro atoms. The van der Waals surface area contributed by atoms with Gasteiger partial charge in [0.25, 0.3) is 5.79 Å². The molecule has 2 heterocycles. The van der Waals surface area contributed by atoms with Gasteiger partial charge in [0.05, 0.1) is 18.1 Å². The molecule has 0 saturated carbocycles. The minimum Gasteiger partial charge on any atom is -0.477 e. The molecule has 12 heteroatoms. The van der Waals surface area contributed by atoms with Gasteiger partial charge in [-0.25, -0.2) is 4.79 Å². The number of nitrogens with one attached hydrogen (secondary N) is 1. The number of carbonyl (C=O) groups excluding carboxylic acids is 4. The number of Topliss-reactive ketones (excluding diaryl/α,β-unsaturated/α-hetero) is 1. The van der Waals surface area contributed by atoms with Gasteiger partial charge in [-0.1, -0.05) is 0 Å². The van der Waals surface area contributed by atoms with Gasteiger partial charge < -0.3 is 36.2 Å². The van der Waals surface area contributed by atoms with Gasteiger partial charge in [0.15, 0.2) is 5.78 Å². The molecule has 0 aromatic heterocycles. The molecular formula is C19H30N4O8. The number of aliphatic hydroxyl groups is 2. The number of likely N-dealkylation sites (tertiary alicyclic amines) is 2. The molecule has 0 aliphatic carbocycles. The smallest absolute Gasteiger partial charge is 0.366 e. The molecule has 174 valence electrons. The number of ketones is 1. The predicted molar refractivity (Wildman–Crippen MR) is 105 cm³/mol. The fraction of sp³-hybridized carbons (Fsp3) is 0.737. The van der Waals surface area contributed by atoms with Crippen molar-refractivity contribution < 1.29 is 39.3 Å². The number of carboxylic acid groups (broad SMARTS) is 1. The monoisotopic (exact) mass is 442 g/mol. The number of rotatable bonds is 8. The van der Waals surface area contributed by atoms with E-state index in [0.29, 0.717) is 25.8 Å². The summed E-state index contributed by atoms with van der Waals surface area (Å²) in [6.45, 7) is 3.19. The van der Waals surface area contributed by atoms with E-state index in [1.807, 2.05) is 0 Å². The molecule has 0 bridgehead atoms. The Labute approximate surface area is 179 Å². The third-order valence-electron chi connectivity index (χ3n) is 5.88. The lowest BCUT2D eigenvalue weighted by Gasteiger charge is -2.30. The molecule has 0 aromatic rings. The zero-order valence-electron chi connectivity index (χ0n) is 17.6. The van der Waals surface area contributed by atoms with Crippen molar-refractivity contribution in [3.8, 4) is 0 Å². The standard InChI is InChI=1S/C19H30N4O8/c1-10(19(30,31)18(28)29)21-16(26)14-6-4-8-23(14)17(27)12(20)9-15(25)13-5-3-7-22(13)11(2)24/h10,12-14,30-31H,3-9,20H2,1-2H3,(H,21,26)(H,28,29)/t10?,12-,13-,14-/m0/s1. The molecule has 2 aliphatic heterocycles. The lowest BCUT2D eigenvalue weighted by Crippen LogP contribution is -2.59. The van der Waals surface area contributed by atoms with Crippen molar-refractivity contribution in [2.75, 3.05) is 13.1 Å². The average Bonchev–Trinajstić information content (AvgIpc) is 3.36. The van der Waals surface area contributed by atoms with E-state index in [0.717, 1.165) is 6.92 Å². The second-order valence-corrected chi connectivity index (χ2v) is 8.10. The van der Waals surface area contributed by atoms with Crippen LogP contribution in [0.25, 0.3) is 0 Å². The summed E-state index contributed by atoms with van der Waals surface area (Å²) in [6, 6.07) is -4.30. The maximum atomic E-state index is 12.8. The van der Waals surface area contributed by atoms with Gasteiger partial charge in [0, 0.05) is 26.4 Å². The first-order valence-corrected chi connectivity index (χ1v) is 10.2. The number of aliphatic carboxylic acids is 1. The molecule has 0 radical (unpaired) electrons. The predicted octanol–water partition coefficient (Wildman–Crippen LogP) is -2.45. The highest BCUT2D eigenvalue weighted by atomic mass is 16.5. The lowest BCUT2D eigenvalue weighted by atomic mass is 10.0. The summed E-state index contributed by atoms with van der Waals surface area (Å²) in [5.41, 5.74) is 5.95. The minimum absolute atomic E-state index is 0.216. The van der Waals surface area contributed by atoms with Crippen LogP contribution in [-0.4, -0.2) is 97.6 Å². The van der Waals surface area contributed by atoms with Crippen LogP contribution in [0.4, 0.5) is 0 Å². The van der Waals surface area contributed by atoms with E-state index < -0.39 is 47.7 Å². The minimum atomic E-state index is -3.17. The van der Waals surface area contributed by atoms with E-state index in [1.165, 1.54) is 16.7 Å². The summed E-state index contributed by atoms with van der Waals surface area (Å²) in [6.07, 6.45) is 1.70. The molecule has 2 saturated heterocycles. The molecule has 2 rings (SSSR count). The molecule has 2 fully saturated rings. The van der Waals surface area contributed by atoms with Gasteiger partial charge in [-0.05, 0) is 32.6 Å². The maximum Gasteiger partial charge on any atom is 0.366 e. The second kappa shape index (κ2) is 9.71. The molecule has 3 amide bonds. The van der Waals surface area contributed by atoms with Crippen molar-refractivity contribution in [2.45, 2.75) is 75.9 Å². The van der Waals surface area contributed by atoms with Crippen LogP contribution in [0.15, 0.2) is 0 Å². The summed E-state index contributed by atoms with van der Waals surface area (Å²) in [5.74, 6) is -6.98. The highest BCUT2D eigenvalue weighted by molar-refractivity contribution is 5.96. The molecule has 4 atom stereocenters. The number of nitrogens with zero attached hydrogens (tertiary/aromatic N) is 2. The molecule has 0 aromatic carbocycles. The molecule has 2 aliphatic rings. The second-order valence-electron chi connectivity index (χ2n) is 8.10. The number of hydrogen-bond acceptors (Lipinski definition) is 8. The van der Waals surface area contributed by atoms with Gasteiger partial charge in [-0.15, -0.1) is 0 Å². The topological polar surface area (TPSA) is 191 Å². The van der Waals surface area contributed by atoms with Gasteiger partial charge in [-0.3, -0.25) is 19.2 Å². The zero-order chi connectivity index (χ0) is 23.5. The first-order chi connectivity index (χ1) is 14.4. The van der Waals surface area contributed by atoms with E-state index in [1.54, 1.807) is 0 Å². The fourth-order valence-electron chi connectivity index (χ4n) is 4.03. The number of amides is 3. The van der Waals surface area contributed by atoms with Crippen LogP contribution in [0.3, 0.4) is 0 Å². The van der Waals surface area contributed by atoms with E-state index in [9.17, 15) is 34.2 Å². The molecule has 1 unspecified atom stereocenters. The Balaban J connectivity index is 2.00. The molecule has 6 N–H and O–H groups in total. The maximum absolute atomic E-state index is 12.8. The molecule has 12 nitrogen and oxygen atoms in total. The van der Waals surface area contributed by atoms with E-state index in [2.05, 4.69) is 5.32 Å². The summed E-state index contributed by atoms with van der Waals surface area (Å²) in [4.78, 5) is 63.2. The normalized spacial score (nSPS) is 23.4. The largest absolute Gasteiger partial charge is 0.477 e. The Bertz CT molecular complexity index is 755. The van der Waals surface area contributed by atoms with Crippen molar-refractivity contribution >= 4 is 29.5 Å². The van der Waals surface area contributed by atoms with E-state index in [-0.39, 0.29) is 31.1 Å². The number of nitrogens with two attached hydrogens (primary N) is 1. The summed E-state index contributed by atoms with van der Waals surface area (Å²) < 4.78 is 0. The summed E-state index contributed by atoms with van der Waals surface area (Å²) >= 11 is 0. The SMILES string of the molecule is CC(=O)N1CCC[C@H]1C(=O)C[C@H](N)C(=O)N1CCC[C@H]1C(=O)NC(C)C(O)(O)C(=O)O. The first-order valence-electron chi connectivity index (χ1n) is 10.2. The van der Waals surface area contributed by atoms with E-state index in [4.69, 9.17) is 10.8 Å². The Kier molecular flexibility index (Phi) is 7.73. The van der Waals surface area contributed by atoms with Crippen LogP contribution < -0.4 is 11.1 Å². The highest BCUT2D eigenvalue weighted by Gasteiger charge is 2.44. The van der Waals surface area contributed by atoms with E-state index >= 15 is 0 Å². The summed E-state index contributed by atoms with van der Waals surface area (Å²) in [5, 5.41) is 30.2. The average molecular weight is 442 g/mol. The Morgan fingerprint density at radius 2 is 1.61 bits per heavy atom. The zero-order valence-corrected chi connectivity index (χ0v) is 17.6. The van der Waals surface area contributed by atoms with Gasteiger partial charge in [0.2, 0.25) is 17.7 Å². The van der Waals surface area contributed by atoms with Crippen LogP contribution in [0.2, 0.25) is 0 Å². The Hall–Kier alpha value is -2.57. The van der Waals surface area contributed by atoms with Crippen LogP contribution >= 0.6 is 0 Å². The van der Waals surface area contributed by atoms with Crippen LogP contribution in [0, 0.1) is 0 Å². The third kappa shape index (κ3) is 5.38. The van der Waals surface area contributed by atoms with Crippen LogP contribution in [-0.2, 0) is 24.0 Å². The van der Waals surface area contributed by atoms with Crippen molar-refractivity contribution in [3.05, 3.63) is 0 Å². The van der Waals surface area contributed by atoms with Crippen molar-refractivity contribution in [1.82, 2.24) is 15.1 Å².